The van der Waals surface area contributed by atoms with E-state index in [4.69, 9.17) is 22.5 Å². The zero-order chi connectivity index (χ0) is 10.1. The highest BCUT2D eigenvalue weighted by molar-refractivity contribution is 6.35. The number of H-pyrrole nitrogens is 1. The van der Waals surface area contributed by atoms with E-state index in [1.165, 1.54) is 0 Å². The van der Waals surface area contributed by atoms with E-state index < -0.39 is 0 Å². The van der Waals surface area contributed by atoms with Gasteiger partial charge in [0.05, 0.1) is 16.7 Å². The number of aromatic nitrogens is 2. The maximum atomic E-state index is 8.50. The molecule has 0 amide bonds. The Bertz CT molecular complexity index is 505. The van der Waals surface area contributed by atoms with Crippen molar-refractivity contribution in [1.82, 2.24) is 10.2 Å². The van der Waals surface area contributed by atoms with Gasteiger partial charge in [-0.05, 0) is 12.1 Å². The molecular formula is C8H7ClN4O. The van der Waals surface area contributed by atoms with Crippen molar-refractivity contribution >= 4 is 28.3 Å². The third-order valence-electron chi connectivity index (χ3n) is 1.90. The Morgan fingerprint density at radius 3 is 3.07 bits per heavy atom. The maximum Gasteiger partial charge on any atom is 0.170 e. The number of nitrogens with zero attached hydrogens (tertiary/aromatic N) is 2. The Hall–Kier alpha value is -1.75. The molecule has 72 valence electrons. The summed E-state index contributed by atoms with van der Waals surface area (Å²) in [6, 6.07) is 3.34. The van der Waals surface area contributed by atoms with Gasteiger partial charge in [0.1, 0.15) is 0 Å². The molecule has 1 heterocycles. The van der Waals surface area contributed by atoms with Crippen molar-refractivity contribution in [2.24, 2.45) is 10.9 Å². The first-order valence-electron chi connectivity index (χ1n) is 3.83. The molecule has 0 aliphatic heterocycles. The summed E-state index contributed by atoms with van der Waals surface area (Å²) in [5.74, 6) is 0.0231. The Morgan fingerprint density at radius 2 is 2.36 bits per heavy atom. The first-order chi connectivity index (χ1) is 6.72. The number of aromatic amines is 1. The predicted octanol–water partition coefficient (Wildman–Crippen LogP) is 1.31. The average molecular weight is 211 g/mol. The molecule has 0 radical (unpaired) electrons. The van der Waals surface area contributed by atoms with E-state index >= 15 is 0 Å². The van der Waals surface area contributed by atoms with Gasteiger partial charge in [-0.1, -0.05) is 16.8 Å². The third-order valence-corrected chi connectivity index (χ3v) is 2.20. The quantitative estimate of drug-likeness (QED) is 0.287. The van der Waals surface area contributed by atoms with Gasteiger partial charge in [-0.2, -0.15) is 5.10 Å². The summed E-state index contributed by atoms with van der Waals surface area (Å²) in [6.07, 6.45) is 1.62. The van der Waals surface area contributed by atoms with E-state index in [0.717, 1.165) is 10.9 Å². The van der Waals surface area contributed by atoms with Gasteiger partial charge in [-0.3, -0.25) is 5.10 Å². The highest BCUT2D eigenvalue weighted by atomic mass is 35.5. The van der Waals surface area contributed by atoms with E-state index in [0.29, 0.717) is 10.6 Å². The number of oxime groups is 1. The van der Waals surface area contributed by atoms with Crippen LogP contribution in [-0.2, 0) is 0 Å². The van der Waals surface area contributed by atoms with Crippen molar-refractivity contribution in [3.05, 3.63) is 28.9 Å². The van der Waals surface area contributed by atoms with E-state index in [9.17, 15) is 0 Å². The highest BCUT2D eigenvalue weighted by Crippen LogP contribution is 2.22. The molecular weight excluding hydrogens is 204 g/mol. The van der Waals surface area contributed by atoms with Crippen LogP contribution in [0.1, 0.15) is 5.56 Å². The summed E-state index contributed by atoms with van der Waals surface area (Å²) in [4.78, 5) is 0. The SMILES string of the molecule is N/C(=N/O)c1cc(Cl)c2[nH]ncc2c1. The van der Waals surface area contributed by atoms with Gasteiger partial charge in [-0.15, -0.1) is 0 Å². The third kappa shape index (κ3) is 1.27. The van der Waals surface area contributed by atoms with E-state index in [1.54, 1.807) is 18.3 Å². The largest absolute Gasteiger partial charge is 0.409 e. The number of benzene rings is 1. The number of rotatable bonds is 1. The standard InChI is InChI=1S/C8H7ClN4O/c9-6-2-4(8(10)13-14)1-5-3-11-12-7(5)6/h1-3,14H,(H2,10,13)(H,11,12). The molecule has 2 rings (SSSR count). The number of hydrogen-bond acceptors (Lipinski definition) is 3. The number of nitrogens with two attached hydrogens (primary N) is 1. The number of hydrogen-bond donors (Lipinski definition) is 3. The second-order valence-corrected chi connectivity index (χ2v) is 3.18. The van der Waals surface area contributed by atoms with Crippen LogP contribution in [0.15, 0.2) is 23.5 Å². The van der Waals surface area contributed by atoms with Gasteiger partial charge in [0.15, 0.2) is 5.84 Å². The molecule has 0 saturated heterocycles. The van der Waals surface area contributed by atoms with E-state index in [2.05, 4.69) is 15.4 Å². The number of fused-ring (bicyclic) bond motifs is 1. The maximum absolute atomic E-state index is 8.50. The van der Waals surface area contributed by atoms with Crippen molar-refractivity contribution in [2.45, 2.75) is 0 Å². The number of nitrogens with one attached hydrogen (secondary N) is 1. The molecule has 0 aliphatic carbocycles. The molecule has 0 bridgehead atoms. The zero-order valence-electron chi connectivity index (χ0n) is 7.03. The van der Waals surface area contributed by atoms with Crippen LogP contribution in [-0.4, -0.2) is 21.2 Å². The van der Waals surface area contributed by atoms with Crippen LogP contribution >= 0.6 is 11.6 Å². The highest BCUT2D eigenvalue weighted by Gasteiger charge is 2.06. The molecule has 4 N–H and O–H groups in total. The molecule has 0 aliphatic rings. The molecule has 5 nitrogen and oxygen atoms in total. The van der Waals surface area contributed by atoms with Gasteiger partial charge >= 0.3 is 0 Å². The summed E-state index contributed by atoms with van der Waals surface area (Å²) in [6.45, 7) is 0. The fourth-order valence-corrected chi connectivity index (χ4v) is 1.49. The fourth-order valence-electron chi connectivity index (χ4n) is 1.22. The van der Waals surface area contributed by atoms with Crippen LogP contribution in [0, 0.1) is 0 Å². The van der Waals surface area contributed by atoms with E-state index in [1.807, 2.05) is 0 Å². The molecule has 6 heteroatoms. The second-order valence-electron chi connectivity index (χ2n) is 2.78. The minimum absolute atomic E-state index is 0.0231. The van der Waals surface area contributed by atoms with Gasteiger partial charge in [0.2, 0.25) is 0 Å². The van der Waals surface area contributed by atoms with Crippen LogP contribution in [0.5, 0.6) is 0 Å². The molecule has 1 aromatic carbocycles. The molecule has 1 aromatic heterocycles. The van der Waals surface area contributed by atoms with Gasteiger partial charge in [0, 0.05) is 10.9 Å². The lowest BCUT2D eigenvalue weighted by Gasteiger charge is -2.00. The lowest BCUT2D eigenvalue weighted by Crippen LogP contribution is -2.12. The Labute approximate surface area is 84.2 Å². The lowest BCUT2D eigenvalue weighted by atomic mass is 10.1. The van der Waals surface area contributed by atoms with Crippen LogP contribution < -0.4 is 5.73 Å². The van der Waals surface area contributed by atoms with Crippen LogP contribution in [0.2, 0.25) is 5.02 Å². The van der Waals surface area contributed by atoms with E-state index in [-0.39, 0.29) is 5.84 Å². The first-order valence-corrected chi connectivity index (χ1v) is 4.20. The normalized spacial score (nSPS) is 12.2. The summed E-state index contributed by atoms with van der Waals surface area (Å²) in [5.41, 5.74) is 6.73. The molecule has 0 saturated carbocycles. The van der Waals surface area contributed by atoms with Crippen molar-refractivity contribution < 1.29 is 5.21 Å². The Kier molecular flexibility index (Phi) is 2.01. The van der Waals surface area contributed by atoms with Crippen molar-refractivity contribution in [3.8, 4) is 0 Å². The second kappa shape index (κ2) is 3.19. The van der Waals surface area contributed by atoms with Crippen LogP contribution in [0.25, 0.3) is 10.9 Å². The summed E-state index contributed by atoms with van der Waals surface area (Å²) in [7, 11) is 0. The Balaban J connectivity index is 2.70. The minimum atomic E-state index is 0.0231. The zero-order valence-corrected chi connectivity index (χ0v) is 7.78. The molecule has 0 unspecified atom stereocenters. The van der Waals surface area contributed by atoms with Gasteiger partial charge < -0.3 is 10.9 Å². The van der Waals surface area contributed by atoms with Crippen molar-refractivity contribution in [2.75, 3.05) is 0 Å². The van der Waals surface area contributed by atoms with Gasteiger partial charge in [-0.25, -0.2) is 0 Å². The minimum Gasteiger partial charge on any atom is -0.409 e. The predicted molar refractivity (Wildman–Crippen MR) is 53.6 cm³/mol. The topological polar surface area (TPSA) is 87.3 Å². The average Bonchev–Trinajstić information content (AvgIpc) is 2.64. The van der Waals surface area contributed by atoms with Crippen molar-refractivity contribution in [3.63, 3.8) is 0 Å². The summed E-state index contributed by atoms with van der Waals surface area (Å²) < 4.78 is 0. The molecule has 0 atom stereocenters. The molecule has 14 heavy (non-hydrogen) atoms. The number of halogens is 1. The molecule has 0 spiro atoms. The molecule has 0 fully saturated rings. The monoisotopic (exact) mass is 210 g/mol. The van der Waals surface area contributed by atoms with Crippen LogP contribution in [0.3, 0.4) is 0 Å². The molecule has 2 aromatic rings. The van der Waals surface area contributed by atoms with Crippen LogP contribution in [0.4, 0.5) is 0 Å². The first kappa shape index (κ1) is 8.83. The van der Waals surface area contributed by atoms with Gasteiger partial charge in [0.25, 0.3) is 0 Å². The lowest BCUT2D eigenvalue weighted by molar-refractivity contribution is 0.318. The fraction of sp³-hybridized carbons (Fsp3) is 0. The number of amidine groups is 1. The smallest absolute Gasteiger partial charge is 0.170 e. The summed E-state index contributed by atoms with van der Waals surface area (Å²) in [5, 5.41) is 19.3. The summed E-state index contributed by atoms with van der Waals surface area (Å²) >= 11 is 5.94. The Morgan fingerprint density at radius 1 is 1.57 bits per heavy atom. The van der Waals surface area contributed by atoms with Crippen molar-refractivity contribution in [1.29, 1.82) is 0 Å².